The molecule has 0 radical (unpaired) electrons. The number of aliphatic hydroxyl groups is 1. The zero-order valence-corrected chi connectivity index (χ0v) is 57.4. The molecule has 0 rings (SSSR count). The van der Waals surface area contributed by atoms with Crippen LogP contribution in [0.1, 0.15) is 337 Å². The molecular formula is C67H130O17P2. The predicted molar refractivity (Wildman–Crippen MR) is 345 cm³/mol. The third-order valence-electron chi connectivity index (χ3n) is 15.5. The first-order valence-electron chi connectivity index (χ1n) is 35.0. The summed E-state index contributed by atoms with van der Waals surface area (Å²) in [6.07, 6.45) is 43.2. The first kappa shape index (κ1) is 84.1. The van der Waals surface area contributed by atoms with Crippen molar-refractivity contribution >= 4 is 39.5 Å². The summed E-state index contributed by atoms with van der Waals surface area (Å²) in [7, 11) is -9.89. The fourth-order valence-corrected chi connectivity index (χ4v) is 11.6. The lowest BCUT2D eigenvalue weighted by Gasteiger charge is -2.21. The Labute approximate surface area is 524 Å². The van der Waals surface area contributed by atoms with E-state index in [9.17, 15) is 43.2 Å². The van der Waals surface area contributed by atoms with Crippen LogP contribution in [0.3, 0.4) is 0 Å². The van der Waals surface area contributed by atoms with Crippen LogP contribution in [0, 0.1) is 11.8 Å². The third kappa shape index (κ3) is 60.9. The molecule has 0 aliphatic rings. The summed E-state index contributed by atoms with van der Waals surface area (Å²) < 4.78 is 68.0. The van der Waals surface area contributed by atoms with E-state index in [1.165, 1.54) is 141 Å². The molecule has 0 fully saturated rings. The second-order valence-corrected chi connectivity index (χ2v) is 28.1. The summed E-state index contributed by atoms with van der Waals surface area (Å²) in [6.45, 7) is 9.47. The van der Waals surface area contributed by atoms with Gasteiger partial charge in [0, 0.05) is 25.7 Å². The molecule has 3 N–H and O–H groups in total. The summed E-state index contributed by atoms with van der Waals surface area (Å²) in [5, 5.41) is 10.5. The maximum atomic E-state index is 13.0. The summed E-state index contributed by atoms with van der Waals surface area (Å²) in [6, 6.07) is 0. The van der Waals surface area contributed by atoms with Crippen LogP contribution in [-0.2, 0) is 65.4 Å². The number of hydrogen-bond acceptors (Lipinski definition) is 15. The van der Waals surface area contributed by atoms with Gasteiger partial charge in [-0.25, -0.2) is 9.13 Å². The fraction of sp³-hybridized carbons (Fsp3) is 0.940. The van der Waals surface area contributed by atoms with E-state index in [0.717, 1.165) is 115 Å². The number of aliphatic hydroxyl groups excluding tert-OH is 1. The SMILES string of the molecule is CCCCCCCCCCCCCC(=O)O[C@H](COC(=O)CCCCCCCCC)COP(=O)(O)OC[C@H](O)COP(=O)(O)OC[C@@H](COC(=O)CCCCCCCCCCC(C)C)OC(=O)CCCCCCCCCCCCCCCCC(C)C. The lowest BCUT2D eigenvalue weighted by molar-refractivity contribution is -0.161. The van der Waals surface area contributed by atoms with Crippen LogP contribution in [0.15, 0.2) is 0 Å². The second kappa shape index (κ2) is 59.4. The number of phosphoric ester groups is 2. The van der Waals surface area contributed by atoms with E-state index in [0.29, 0.717) is 25.7 Å². The molecule has 2 unspecified atom stereocenters. The molecule has 0 amide bonds. The molecule has 86 heavy (non-hydrogen) atoms. The molecule has 0 saturated heterocycles. The lowest BCUT2D eigenvalue weighted by Crippen LogP contribution is -2.30. The molecule has 0 heterocycles. The smallest absolute Gasteiger partial charge is 0.462 e. The van der Waals surface area contributed by atoms with Gasteiger partial charge in [-0.1, -0.05) is 286 Å². The number of esters is 4. The summed E-state index contributed by atoms with van der Waals surface area (Å²) in [5.41, 5.74) is 0. The van der Waals surface area contributed by atoms with Crippen molar-refractivity contribution < 1.29 is 80.2 Å². The van der Waals surface area contributed by atoms with Gasteiger partial charge < -0.3 is 33.8 Å². The Morgan fingerprint density at radius 3 is 0.791 bits per heavy atom. The Morgan fingerprint density at radius 2 is 0.535 bits per heavy atom. The van der Waals surface area contributed by atoms with Gasteiger partial charge >= 0.3 is 39.5 Å². The van der Waals surface area contributed by atoms with Gasteiger partial charge in [0.15, 0.2) is 12.2 Å². The molecular weight excluding hydrogens is 1140 g/mol. The van der Waals surface area contributed by atoms with Gasteiger partial charge in [0.25, 0.3) is 0 Å². The van der Waals surface area contributed by atoms with Crippen LogP contribution < -0.4 is 0 Å². The number of hydrogen-bond donors (Lipinski definition) is 3. The highest BCUT2D eigenvalue weighted by Crippen LogP contribution is 2.45. The van der Waals surface area contributed by atoms with E-state index >= 15 is 0 Å². The van der Waals surface area contributed by atoms with Crippen molar-refractivity contribution in [3.05, 3.63) is 0 Å². The van der Waals surface area contributed by atoms with Crippen molar-refractivity contribution in [2.45, 2.75) is 355 Å². The molecule has 0 aromatic carbocycles. The van der Waals surface area contributed by atoms with Crippen molar-refractivity contribution in [3.63, 3.8) is 0 Å². The van der Waals surface area contributed by atoms with Gasteiger partial charge in [-0.2, -0.15) is 0 Å². The van der Waals surface area contributed by atoms with Crippen molar-refractivity contribution in [1.29, 1.82) is 0 Å². The van der Waals surface area contributed by atoms with Crippen molar-refractivity contribution in [3.8, 4) is 0 Å². The zero-order valence-electron chi connectivity index (χ0n) is 55.6. The minimum atomic E-state index is -4.95. The fourth-order valence-electron chi connectivity index (χ4n) is 10.1. The Kier molecular flexibility index (Phi) is 58.0. The third-order valence-corrected chi connectivity index (χ3v) is 17.4. The van der Waals surface area contributed by atoms with Crippen molar-refractivity contribution in [1.82, 2.24) is 0 Å². The van der Waals surface area contributed by atoms with E-state index in [1.54, 1.807) is 0 Å². The summed E-state index contributed by atoms with van der Waals surface area (Å²) >= 11 is 0. The minimum absolute atomic E-state index is 0.106. The van der Waals surface area contributed by atoms with E-state index in [-0.39, 0.29) is 25.7 Å². The topological polar surface area (TPSA) is 237 Å². The van der Waals surface area contributed by atoms with Crippen molar-refractivity contribution in [2.75, 3.05) is 39.6 Å². The summed E-state index contributed by atoms with van der Waals surface area (Å²) in [5.74, 6) is -0.612. The average molecular weight is 1270 g/mol. The molecule has 0 bridgehead atoms. The normalized spacial score (nSPS) is 14.2. The maximum absolute atomic E-state index is 13.0. The van der Waals surface area contributed by atoms with Crippen LogP contribution >= 0.6 is 15.6 Å². The first-order valence-corrected chi connectivity index (χ1v) is 38.0. The molecule has 0 saturated carbocycles. The van der Waals surface area contributed by atoms with Gasteiger partial charge in [-0.3, -0.25) is 37.3 Å². The number of rotatable bonds is 66. The Morgan fingerprint density at radius 1 is 0.314 bits per heavy atom. The van der Waals surface area contributed by atoms with Crippen LogP contribution in [0.4, 0.5) is 0 Å². The van der Waals surface area contributed by atoms with Crippen LogP contribution in [0.5, 0.6) is 0 Å². The van der Waals surface area contributed by atoms with Gasteiger partial charge in [-0.05, 0) is 37.5 Å². The highest BCUT2D eigenvalue weighted by Gasteiger charge is 2.30. The Hall–Kier alpha value is -1.94. The highest BCUT2D eigenvalue weighted by atomic mass is 31.2. The molecule has 0 aliphatic carbocycles. The van der Waals surface area contributed by atoms with Crippen LogP contribution in [0.25, 0.3) is 0 Å². The highest BCUT2D eigenvalue weighted by molar-refractivity contribution is 7.47. The number of phosphoric acid groups is 2. The predicted octanol–water partition coefficient (Wildman–Crippen LogP) is 18.8. The Balaban J connectivity index is 5.19. The first-order chi connectivity index (χ1) is 41.4. The lowest BCUT2D eigenvalue weighted by atomic mass is 10.0. The van der Waals surface area contributed by atoms with Crippen LogP contribution in [0.2, 0.25) is 0 Å². The van der Waals surface area contributed by atoms with Gasteiger partial charge in [0.2, 0.25) is 0 Å². The molecule has 19 heteroatoms. The average Bonchev–Trinajstić information content (AvgIpc) is 3.68. The minimum Gasteiger partial charge on any atom is -0.462 e. The van der Waals surface area contributed by atoms with Crippen molar-refractivity contribution in [2.24, 2.45) is 11.8 Å². The molecule has 5 atom stereocenters. The molecule has 0 spiro atoms. The molecule has 0 aromatic rings. The maximum Gasteiger partial charge on any atom is 0.472 e. The Bertz CT molecular complexity index is 1680. The molecule has 510 valence electrons. The van der Waals surface area contributed by atoms with E-state index < -0.39 is 97.5 Å². The largest absolute Gasteiger partial charge is 0.472 e. The van der Waals surface area contributed by atoms with E-state index in [4.69, 9.17) is 37.0 Å². The quantitative estimate of drug-likeness (QED) is 0.0222. The monoisotopic (exact) mass is 1270 g/mol. The number of unbranched alkanes of at least 4 members (excludes halogenated alkanes) is 36. The number of carbonyl (C=O) groups excluding carboxylic acids is 4. The molecule has 0 aliphatic heterocycles. The van der Waals surface area contributed by atoms with Gasteiger partial charge in [0.05, 0.1) is 26.4 Å². The van der Waals surface area contributed by atoms with Gasteiger partial charge in [0.1, 0.15) is 19.3 Å². The summed E-state index contributed by atoms with van der Waals surface area (Å²) in [4.78, 5) is 72.2. The second-order valence-electron chi connectivity index (χ2n) is 25.2. The van der Waals surface area contributed by atoms with E-state index in [2.05, 4.69) is 41.5 Å². The van der Waals surface area contributed by atoms with Crippen LogP contribution in [-0.4, -0.2) is 96.7 Å². The molecule has 0 aromatic heterocycles. The number of ether oxygens (including phenoxy) is 4. The van der Waals surface area contributed by atoms with E-state index in [1.807, 2.05) is 0 Å². The standard InChI is InChI=1S/C67H130O17P2/c1-7-9-11-13-15-16-21-25-33-39-45-51-66(71)83-62(55-77-64(69)49-43-37-29-14-12-10-8-2)57-81-85(73,74)79-53-61(68)54-80-86(75,76)82-58-63(56-78-65(70)50-44-38-32-28-27-31-36-42-48-60(5)6)84-67(72)52-46-40-34-26-23-20-18-17-19-22-24-30-35-41-47-59(3)4/h59-63,68H,7-58H2,1-6H3,(H,73,74)(H,75,76)/t61-,62+,63+/m0/s1. The zero-order chi connectivity index (χ0) is 63.6. The van der Waals surface area contributed by atoms with Gasteiger partial charge in [-0.15, -0.1) is 0 Å². The number of carbonyl (C=O) groups is 4. The molecule has 17 nitrogen and oxygen atoms in total.